The molecule has 3 rings (SSSR count). The number of H-pyrrole nitrogens is 1. The summed E-state index contributed by atoms with van der Waals surface area (Å²) in [6, 6.07) is 0. The highest BCUT2D eigenvalue weighted by molar-refractivity contribution is 7.98. The third-order valence-corrected chi connectivity index (χ3v) is 11.6. The quantitative estimate of drug-likeness (QED) is 0.384. The van der Waals surface area contributed by atoms with E-state index in [0.29, 0.717) is 12.5 Å². The number of aromatic nitrogens is 4. The number of hydrogen-bond donors (Lipinski definition) is 2. The van der Waals surface area contributed by atoms with Gasteiger partial charge < -0.3 is 19.6 Å². The molecule has 0 amide bonds. The number of carbonyl (C=O) groups excluding carboxylic acids is 1. The lowest BCUT2D eigenvalue weighted by molar-refractivity contribution is -0.163. The predicted molar refractivity (Wildman–Crippen MR) is 136 cm³/mol. The third-order valence-electron chi connectivity index (χ3n) is 6.78. The van der Waals surface area contributed by atoms with E-state index in [9.17, 15) is 9.59 Å². The lowest BCUT2D eigenvalue weighted by atomic mass is 9.94. The van der Waals surface area contributed by atoms with Crippen LogP contribution in [0.5, 0.6) is 0 Å². The maximum absolute atomic E-state index is 13.7. The molecule has 0 bridgehead atoms. The van der Waals surface area contributed by atoms with E-state index in [0.717, 1.165) is 0 Å². The highest BCUT2D eigenvalue weighted by atomic mass is 32.2. The van der Waals surface area contributed by atoms with Crippen LogP contribution in [0.1, 0.15) is 41.0 Å². The molecule has 0 aliphatic carbocycles. The highest BCUT2D eigenvalue weighted by Gasteiger charge is 2.55. The van der Waals surface area contributed by atoms with Crippen molar-refractivity contribution < 1.29 is 18.7 Å². The topological polar surface area (TPSA) is 134 Å². The molecular weight excluding hydrogens is 474 g/mol. The van der Waals surface area contributed by atoms with E-state index in [4.69, 9.17) is 19.6 Å². The molecule has 0 saturated carbocycles. The first kappa shape index (κ1) is 26.9. The van der Waals surface area contributed by atoms with Gasteiger partial charge in [0.15, 0.2) is 25.3 Å². The number of nitrogens with one attached hydrogen (secondary N) is 1. The van der Waals surface area contributed by atoms with Gasteiger partial charge in [0.2, 0.25) is 11.7 Å². The van der Waals surface area contributed by atoms with Crippen LogP contribution in [-0.4, -0.2) is 64.6 Å². The number of ether oxygens (including phenoxy) is 2. The molecule has 10 nitrogen and oxygen atoms in total. The average Bonchev–Trinajstić information content (AvgIpc) is 3.31. The van der Waals surface area contributed by atoms with Crippen LogP contribution in [0.2, 0.25) is 18.1 Å². The van der Waals surface area contributed by atoms with Gasteiger partial charge in [-0.15, -0.1) is 11.8 Å². The van der Waals surface area contributed by atoms with E-state index in [1.807, 2.05) is 20.1 Å². The first-order chi connectivity index (χ1) is 15.7. The number of fused-ring (bicyclic) bond motifs is 1. The van der Waals surface area contributed by atoms with Gasteiger partial charge in [0.1, 0.15) is 12.4 Å². The largest absolute Gasteiger partial charge is 0.414 e. The van der Waals surface area contributed by atoms with Gasteiger partial charge in [-0.2, -0.15) is 4.98 Å². The number of ketones is 1. The summed E-state index contributed by atoms with van der Waals surface area (Å²) >= 11 is 1.55. The number of nitrogen functional groups attached to an aromatic ring is 1. The Morgan fingerprint density at radius 3 is 2.71 bits per heavy atom. The number of nitrogens with zero attached hydrogens (tertiary/aromatic N) is 3. The molecule has 0 spiro atoms. The van der Waals surface area contributed by atoms with Gasteiger partial charge in [0, 0.05) is 12.3 Å². The summed E-state index contributed by atoms with van der Waals surface area (Å²) in [7, 11) is -2.07. The molecule has 1 saturated heterocycles. The van der Waals surface area contributed by atoms with Crippen LogP contribution in [0.4, 0.5) is 5.95 Å². The molecule has 190 valence electrons. The van der Waals surface area contributed by atoms with Crippen molar-refractivity contribution in [2.75, 3.05) is 24.5 Å². The maximum Gasteiger partial charge on any atom is 0.280 e. The maximum atomic E-state index is 13.7. The zero-order valence-electron chi connectivity index (χ0n) is 21.3. The van der Waals surface area contributed by atoms with Crippen molar-refractivity contribution in [3.8, 4) is 0 Å². The van der Waals surface area contributed by atoms with Crippen molar-refractivity contribution in [3.05, 3.63) is 16.7 Å². The van der Waals surface area contributed by atoms with E-state index in [1.54, 1.807) is 11.8 Å². The minimum Gasteiger partial charge on any atom is -0.414 e. The predicted octanol–water partition coefficient (Wildman–Crippen LogP) is 3.10. The summed E-state index contributed by atoms with van der Waals surface area (Å²) in [6.45, 7) is 14.8. The first-order valence-electron chi connectivity index (χ1n) is 11.4. The van der Waals surface area contributed by atoms with Crippen molar-refractivity contribution in [1.82, 2.24) is 19.5 Å². The number of aromatic amines is 1. The fourth-order valence-electron chi connectivity index (χ4n) is 3.82. The van der Waals surface area contributed by atoms with Gasteiger partial charge >= 0.3 is 0 Å². The van der Waals surface area contributed by atoms with E-state index in [2.05, 4.69) is 48.8 Å². The second kappa shape index (κ2) is 9.73. The standard InChI is InChI=1S/C22H37N5O5SSi/c1-13(2)17(28)22(27-11-24-16-18(27)25-20(23)26-19(16)29)9-14(30-12-33-6)15(32-22)10-31-34(7,8)21(3,4)5/h11,13-15H,9-10,12H2,1-8H3,(H3,23,25,26,29)/t14-,15+,22-/m0/s1. The van der Waals surface area contributed by atoms with Crippen LogP contribution >= 0.6 is 11.8 Å². The van der Waals surface area contributed by atoms with E-state index in [-0.39, 0.29) is 40.3 Å². The van der Waals surface area contributed by atoms with Gasteiger partial charge in [-0.1, -0.05) is 34.6 Å². The van der Waals surface area contributed by atoms with Crippen molar-refractivity contribution in [2.24, 2.45) is 5.92 Å². The summed E-state index contributed by atoms with van der Waals surface area (Å²) in [6.07, 6.45) is 2.74. The fourth-order valence-corrected chi connectivity index (χ4v) is 5.15. The molecule has 1 aliphatic rings. The number of Topliss-reactive ketones (excluding diaryl/α,β-unsaturated/α-hetero) is 1. The average molecular weight is 512 g/mol. The number of rotatable bonds is 9. The van der Waals surface area contributed by atoms with Crippen LogP contribution in [-0.2, 0) is 24.4 Å². The van der Waals surface area contributed by atoms with Gasteiger partial charge in [0.05, 0.1) is 18.6 Å². The second-order valence-electron chi connectivity index (χ2n) is 10.6. The molecule has 3 atom stereocenters. The Hall–Kier alpha value is -1.73. The number of thioether (sulfide) groups is 1. The number of nitrogens with two attached hydrogens (primary N) is 1. The minimum atomic E-state index is -2.07. The summed E-state index contributed by atoms with van der Waals surface area (Å²) in [5, 5.41) is 0.0229. The summed E-state index contributed by atoms with van der Waals surface area (Å²) < 4.78 is 20.7. The van der Waals surface area contributed by atoms with Crippen LogP contribution < -0.4 is 11.3 Å². The lowest BCUT2D eigenvalue weighted by Crippen LogP contribution is -2.46. The minimum absolute atomic E-state index is 0.0229. The molecule has 0 unspecified atom stereocenters. The Labute approximate surface area is 205 Å². The van der Waals surface area contributed by atoms with E-state index >= 15 is 0 Å². The molecule has 34 heavy (non-hydrogen) atoms. The van der Waals surface area contributed by atoms with Gasteiger partial charge in [-0.3, -0.25) is 19.1 Å². The molecule has 1 aliphatic heterocycles. The Morgan fingerprint density at radius 1 is 1.44 bits per heavy atom. The van der Waals surface area contributed by atoms with Gasteiger partial charge in [-0.05, 0) is 24.4 Å². The Morgan fingerprint density at radius 2 is 2.12 bits per heavy atom. The molecule has 3 N–H and O–H groups in total. The smallest absolute Gasteiger partial charge is 0.280 e. The molecule has 1 fully saturated rings. The number of carbonyl (C=O) groups is 1. The monoisotopic (exact) mass is 511 g/mol. The van der Waals surface area contributed by atoms with Gasteiger partial charge in [0.25, 0.3) is 5.56 Å². The highest BCUT2D eigenvalue weighted by Crippen LogP contribution is 2.42. The Kier molecular flexibility index (Phi) is 7.69. The lowest BCUT2D eigenvalue weighted by Gasteiger charge is -2.37. The molecular formula is C22H37N5O5SSi. The molecule has 2 aromatic heterocycles. The van der Waals surface area contributed by atoms with Crippen molar-refractivity contribution in [3.63, 3.8) is 0 Å². The van der Waals surface area contributed by atoms with Crippen LogP contribution in [0.3, 0.4) is 0 Å². The van der Waals surface area contributed by atoms with Crippen LogP contribution in [0.25, 0.3) is 11.2 Å². The molecule has 3 heterocycles. The normalized spacial score (nSPS) is 23.8. The van der Waals surface area contributed by atoms with E-state index < -0.39 is 31.8 Å². The van der Waals surface area contributed by atoms with Crippen molar-refractivity contribution in [2.45, 2.75) is 77.1 Å². The first-order valence-corrected chi connectivity index (χ1v) is 15.7. The Balaban J connectivity index is 2.07. The second-order valence-corrected chi connectivity index (χ2v) is 16.2. The zero-order valence-corrected chi connectivity index (χ0v) is 23.1. The van der Waals surface area contributed by atoms with Crippen molar-refractivity contribution in [1.29, 1.82) is 0 Å². The number of anilines is 1. The van der Waals surface area contributed by atoms with E-state index in [1.165, 1.54) is 10.9 Å². The summed E-state index contributed by atoms with van der Waals surface area (Å²) in [4.78, 5) is 37.0. The van der Waals surface area contributed by atoms with Crippen LogP contribution in [0.15, 0.2) is 11.1 Å². The zero-order chi connectivity index (χ0) is 25.5. The molecule has 0 radical (unpaired) electrons. The summed E-state index contributed by atoms with van der Waals surface area (Å²) in [5.74, 6) is -0.109. The fraction of sp³-hybridized carbons (Fsp3) is 0.727. The van der Waals surface area contributed by atoms with Crippen LogP contribution in [0, 0.1) is 5.92 Å². The molecule has 2 aromatic rings. The number of hydrogen-bond acceptors (Lipinski definition) is 9. The Bertz CT molecular complexity index is 1100. The summed E-state index contributed by atoms with van der Waals surface area (Å²) in [5.41, 5.74) is 4.19. The SMILES string of the molecule is CSCO[C@H]1C[C@](C(=O)C(C)C)(n2cnc3c(=O)[nH]c(N)nc32)O[C@@H]1CO[Si](C)(C)C(C)(C)C. The molecule has 0 aromatic carbocycles. The van der Waals surface area contributed by atoms with Gasteiger partial charge in [-0.25, -0.2) is 4.98 Å². The molecule has 12 heteroatoms. The third kappa shape index (κ3) is 4.96. The van der Waals surface area contributed by atoms with Crippen molar-refractivity contribution >= 4 is 43.0 Å². The number of imidazole rings is 1.